The van der Waals surface area contributed by atoms with Gasteiger partial charge >= 0.3 is 0 Å². The number of fused-ring (bicyclic) bond motifs is 2. The lowest BCUT2D eigenvalue weighted by molar-refractivity contribution is -0.141. The highest BCUT2D eigenvalue weighted by molar-refractivity contribution is 5.96. The van der Waals surface area contributed by atoms with Gasteiger partial charge in [0, 0.05) is 37.7 Å². The molecule has 0 unspecified atom stereocenters. The molecule has 1 fully saturated rings. The summed E-state index contributed by atoms with van der Waals surface area (Å²) in [6.45, 7) is 2.75. The first-order valence-corrected chi connectivity index (χ1v) is 11.0. The predicted octanol–water partition coefficient (Wildman–Crippen LogP) is 2.41. The molecule has 2 aromatic rings. The number of hydrogen-bond donors (Lipinski definition) is 1. The summed E-state index contributed by atoms with van der Waals surface area (Å²) in [4.78, 5) is 41.3. The molecular weight excluding hydrogens is 426 g/mol. The van der Waals surface area contributed by atoms with E-state index in [1.807, 2.05) is 18.2 Å². The maximum Gasteiger partial charge on any atom is 0.265 e. The number of benzene rings is 2. The van der Waals surface area contributed by atoms with Gasteiger partial charge in [-0.25, -0.2) is 0 Å². The quantitative estimate of drug-likeness (QED) is 0.770. The van der Waals surface area contributed by atoms with Crippen molar-refractivity contribution in [1.82, 2.24) is 4.90 Å². The molecule has 3 aliphatic rings. The Labute approximate surface area is 191 Å². The minimum absolute atomic E-state index is 0.0773. The fourth-order valence-electron chi connectivity index (χ4n) is 4.45. The Morgan fingerprint density at radius 1 is 0.970 bits per heavy atom. The number of amides is 3. The highest BCUT2D eigenvalue weighted by atomic mass is 16.7. The topological polar surface area (TPSA) is 97.4 Å². The van der Waals surface area contributed by atoms with E-state index in [4.69, 9.17) is 14.2 Å². The summed E-state index contributed by atoms with van der Waals surface area (Å²) < 4.78 is 16.6. The van der Waals surface area contributed by atoms with E-state index in [0.29, 0.717) is 54.6 Å². The van der Waals surface area contributed by atoms with Gasteiger partial charge in [-0.3, -0.25) is 14.4 Å². The van der Waals surface area contributed by atoms with Crippen LogP contribution in [0.2, 0.25) is 0 Å². The van der Waals surface area contributed by atoms with Crippen LogP contribution in [0.3, 0.4) is 0 Å². The van der Waals surface area contributed by atoms with Gasteiger partial charge in [-0.2, -0.15) is 0 Å². The highest BCUT2D eigenvalue weighted by Crippen LogP contribution is 2.35. The van der Waals surface area contributed by atoms with Crippen LogP contribution in [0.1, 0.15) is 19.8 Å². The van der Waals surface area contributed by atoms with Crippen molar-refractivity contribution in [3.05, 3.63) is 42.5 Å². The standard InChI is InChI=1S/C24H25N3O6/c1-15(28)27-13-22(33-19-5-3-2-4-18(19)27)24(30)26-10-8-16(9-11-26)23(29)25-17-6-7-20-21(12-17)32-14-31-20/h2-7,12,16,22H,8-11,13-14H2,1H3,(H,25,29)/t22-/m0/s1. The highest BCUT2D eigenvalue weighted by Gasteiger charge is 2.37. The largest absolute Gasteiger partial charge is 0.476 e. The van der Waals surface area contributed by atoms with E-state index in [1.165, 1.54) is 6.92 Å². The van der Waals surface area contributed by atoms with Gasteiger partial charge in [0.05, 0.1) is 12.2 Å². The molecule has 1 saturated heterocycles. The van der Waals surface area contributed by atoms with Gasteiger partial charge in [0.2, 0.25) is 18.6 Å². The molecule has 0 radical (unpaired) electrons. The van der Waals surface area contributed by atoms with Gasteiger partial charge in [0.15, 0.2) is 17.6 Å². The minimum Gasteiger partial charge on any atom is -0.476 e. The van der Waals surface area contributed by atoms with E-state index in [9.17, 15) is 14.4 Å². The van der Waals surface area contributed by atoms with E-state index in [-0.39, 0.29) is 37.0 Å². The lowest BCUT2D eigenvalue weighted by Gasteiger charge is -2.38. The molecule has 0 aliphatic carbocycles. The number of para-hydroxylation sites is 2. The second-order valence-corrected chi connectivity index (χ2v) is 8.36. The molecule has 3 amide bonds. The first-order chi connectivity index (χ1) is 16.0. The Morgan fingerprint density at radius 3 is 2.52 bits per heavy atom. The number of hydrogen-bond acceptors (Lipinski definition) is 6. The molecule has 5 rings (SSSR count). The van der Waals surface area contributed by atoms with Crippen molar-refractivity contribution in [1.29, 1.82) is 0 Å². The van der Waals surface area contributed by atoms with Crippen molar-refractivity contribution in [2.75, 3.05) is 36.6 Å². The van der Waals surface area contributed by atoms with Crippen LogP contribution in [0, 0.1) is 5.92 Å². The molecule has 2 aromatic carbocycles. The summed E-state index contributed by atoms with van der Waals surface area (Å²) in [5.74, 6) is 1.23. The fourth-order valence-corrected chi connectivity index (χ4v) is 4.45. The van der Waals surface area contributed by atoms with Crippen molar-refractivity contribution >= 4 is 29.1 Å². The number of ether oxygens (including phenoxy) is 3. The predicted molar refractivity (Wildman–Crippen MR) is 119 cm³/mol. The SMILES string of the molecule is CC(=O)N1C[C@@H](C(=O)N2CCC(C(=O)Nc3ccc4c(c3)OCO4)CC2)Oc2ccccc21. The van der Waals surface area contributed by atoms with Crippen molar-refractivity contribution in [3.8, 4) is 17.2 Å². The monoisotopic (exact) mass is 451 g/mol. The van der Waals surface area contributed by atoms with Gasteiger partial charge in [-0.15, -0.1) is 0 Å². The van der Waals surface area contributed by atoms with Crippen LogP contribution in [0.4, 0.5) is 11.4 Å². The average Bonchev–Trinajstić information content (AvgIpc) is 3.31. The zero-order valence-corrected chi connectivity index (χ0v) is 18.3. The van der Waals surface area contributed by atoms with Crippen LogP contribution in [-0.2, 0) is 14.4 Å². The maximum absolute atomic E-state index is 13.1. The number of nitrogens with zero attached hydrogens (tertiary/aromatic N) is 2. The summed E-state index contributed by atoms with van der Waals surface area (Å²) in [5, 5.41) is 2.93. The van der Waals surface area contributed by atoms with Gasteiger partial charge in [-0.1, -0.05) is 12.1 Å². The molecule has 1 N–H and O–H groups in total. The van der Waals surface area contributed by atoms with Crippen LogP contribution < -0.4 is 24.4 Å². The second-order valence-electron chi connectivity index (χ2n) is 8.36. The maximum atomic E-state index is 13.1. The second kappa shape index (κ2) is 8.65. The molecule has 1 atom stereocenters. The number of carbonyl (C=O) groups is 3. The van der Waals surface area contributed by atoms with E-state index in [1.54, 1.807) is 34.1 Å². The lowest BCUT2D eigenvalue weighted by Crippen LogP contribution is -2.53. The Kier molecular flexibility index (Phi) is 5.53. The third kappa shape index (κ3) is 4.18. The van der Waals surface area contributed by atoms with Crippen molar-refractivity contribution < 1.29 is 28.6 Å². The Hall–Kier alpha value is -3.75. The lowest BCUT2D eigenvalue weighted by atomic mass is 9.95. The van der Waals surface area contributed by atoms with Gasteiger partial charge < -0.3 is 29.3 Å². The van der Waals surface area contributed by atoms with Crippen molar-refractivity contribution in [3.63, 3.8) is 0 Å². The molecule has 0 aromatic heterocycles. The van der Waals surface area contributed by atoms with Crippen molar-refractivity contribution in [2.24, 2.45) is 5.92 Å². The minimum atomic E-state index is -0.761. The van der Waals surface area contributed by atoms with Crippen LogP contribution in [0.15, 0.2) is 42.5 Å². The van der Waals surface area contributed by atoms with E-state index >= 15 is 0 Å². The molecule has 0 bridgehead atoms. The van der Waals surface area contributed by atoms with Gasteiger partial charge in [-0.05, 0) is 37.1 Å². The molecule has 9 nitrogen and oxygen atoms in total. The zero-order valence-electron chi connectivity index (χ0n) is 18.3. The van der Waals surface area contributed by atoms with Crippen LogP contribution in [0.25, 0.3) is 0 Å². The molecule has 3 heterocycles. The molecule has 3 aliphatic heterocycles. The average molecular weight is 451 g/mol. The van der Waals surface area contributed by atoms with Gasteiger partial charge in [0.25, 0.3) is 5.91 Å². The summed E-state index contributed by atoms with van der Waals surface area (Å²) >= 11 is 0. The third-order valence-electron chi connectivity index (χ3n) is 6.25. The first kappa shape index (κ1) is 21.1. The normalized spacial score (nSPS) is 19.5. The number of rotatable bonds is 3. The van der Waals surface area contributed by atoms with Crippen molar-refractivity contribution in [2.45, 2.75) is 25.9 Å². The zero-order chi connectivity index (χ0) is 22.9. The Balaban J connectivity index is 1.18. The smallest absolute Gasteiger partial charge is 0.265 e. The summed E-state index contributed by atoms with van der Waals surface area (Å²) in [6, 6.07) is 12.5. The number of anilines is 2. The number of piperidine rings is 1. The summed E-state index contributed by atoms with van der Waals surface area (Å²) in [6.07, 6.45) is 0.354. The van der Waals surface area contributed by atoms with Crippen LogP contribution in [-0.4, -0.2) is 55.2 Å². The van der Waals surface area contributed by atoms with Gasteiger partial charge in [0.1, 0.15) is 5.75 Å². The molecule has 0 saturated carbocycles. The number of nitrogens with one attached hydrogen (secondary N) is 1. The van der Waals surface area contributed by atoms with Crippen LogP contribution in [0.5, 0.6) is 17.2 Å². The van der Waals surface area contributed by atoms with E-state index in [2.05, 4.69) is 5.32 Å². The number of carbonyl (C=O) groups excluding carboxylic acids is 3. The molecule has 9 heteroatoms. The summed E-state index contributed by atoms with van der Waals surface area (Å²) in [5.41, 5.74) is 1.33. The van der Waals surface area contributed by atoms with Crippen LogP contribution >= 0.6 is 0 Å². The third-order valence-corrected chi connectivity index (χ3v) is 6.25. The molecular formula is C24H25N3O6. The first-order valence-electron chi connectivity index (χ1n) is 11.0. The Bertz CT molecular complexity index is 1100. The summed E-state index contributed by atoms with van der Waals surface area (Å²) in [7, 11) is 0. The van der Waals surface area contributed by atoms with E-state index in [0.717, 1.165) is 0 Å². The molecule has 0 spiro atoms. The Morgan fingerprint density at radius 2 is 1.73 bits per heavy atom. The van der Waals surface area contributed by atoms with E-state index < -0.39 is 6.10 Å². The molecule has 33 heavy (non-hydrogen) atoms. The number of likely N-dealkylation sites (tertiary alicyclic amines) is 1. The molecule has 172 valence electrons. The fraction of sp³-hybridized carbons (Fsp3) is 0.375.